The Labute approximate surface area is 206 Å². The Bertz CT molecular complexity index is 1280. The quantitative estimate of drug-likeness (QED) is 0.448. The van der Waals surface area contributed by atoms with Crippen LogP contribution in [0.3, 0.4) is 0 Å². The lowest BCUT2D eigenvalue weighted by Gasteiger charge is -2.20. The largest absolute Gasteiger partial charge is 0.494 e. The molecule has 0 radical (unpaired) electrons. The van der Waals surface area contributed by atoms with E-state index in [9.17, 15) is 13.2 Å². The van der Waals surface area contributed by atoms with Gasteiger partial charge in [0.15, 0.2) is 0 Å². The number of benzene rings is 2. The molecule has 3 rings (SSSR count). The number of nitrogens with one attached hydrogen (secondary N) is 2. The van der Waals surface area contributed by atoms with Gasteiger partial charge in [0, 0.05) is 29.9 Å². The lowest BCUT2D eigenvalue weighted by Crippen LogP contribution is -2.40. The Morgan fingerprint density at radius 2 is 1.69 bits per heavy atom. The number of pyridine rings is 1. The molecular weight excluding hydrogens is 466 g/mol. The lowest BCUT2D eigenvalue weighted by molar-refractivity contribution is 0.0950. The average molecular weight is 498 g/mol. The van der Waals surface area contributed by atoms with Gasteiger partial charge in [-0.25, -0.2) is 18.1 Å². The minimum atomic E-state index is -3.76. The number of carbonyl (C=O) groups excluding carboxylic acids is 1. The van der Waals surface area contributed by atoms with Crippen LogP contribution in [0.4, 0.5) is 0 Å². The Kier molecular flexibility index (Phi) is 8.14. The molecule has 0 aliphatic rings. The van der Waals surface area contributed by atoms with E-state index < -0.39 is 15.6 Å². The van der Waals surface area contributed by atoms with E-state index in [4.69, 9.17) is 9.47 Å². The molecule has 186 valence electrons. The molecule has 0 aliphatic carbocycles. The lowest BCUT2D eigenvalue weighted by atomic mass is 10.1. The summed E-state index contributed by atoms with van der Waals surface area (Å²) in [6, 6.07) is 15.2. The molecule has 1 heterocycles. The van der Waals surface area contributed by atoms with Crippen molar-refractivity contribution in [2.24, 2.45) is 0 Å². The molecule has 2 aromatic carbocycles. The van der Waals surface area contributed by atoms with E-state index in [1.54, 1.807) is 64.2 Å². The third kappa shape index (κ3) is 7.53. The Morgan fingerprint density at radius 3 is 2.34 bits per heavy atom. The normalized spacial score (nSPS) is 11.7. The highest BCUT2D eigenvalue weighted by atomic mass is 32.2. The van der Waals surface area contributed by atoms with Gasteiger partial charge >= 0.3 is 0 Å². The molecule has 0 saturated carbocycles. The Morgan fingerprint density at radius 1 is 1.00 bits per heavy atom. The van der Waals surface area contributed by atoms with Crippen molar-refractivity contribution < 1.29 is 22.7 Å². The topological polar surface area (TPSA) is 107 Å². The molecule has 0 atom stereocenters. The van der Waals surface area contributed by atoms with Crippen LogP contribution in [0.1, 0.15) is 49.2 Å². The van der Waals surface area contributed by atoms with E-state index in [2.05, 4.69) is 15.0 Å². The van der Waals surface area contributed by atoms with Crippen LogP contribution in [0.2, 0.25) is 0 Å². The zero-order chi connectivity index (χ0) is 25.6. The second kappa shape index (κ2) is 10.9. The molecule has 0 unspecified atom stereocenters. The minimum absolute atomic E-state index is 0.0399. The third-order valence-electron chi connectivity index (χ3n) is 4.81. The van der Waals surface area contributed by atoms with E-state index in [1.807, 2.05) is 19.1 Å². The highest BCUT2D eigenvalue weighted by Crippen LogP contribution is 2.23. The van der Waals surface area contributed by atoms with Gasteiger partial charge in [-0.3, -0.25) is 4.79 Å². The molecule has 35 heavy (non-hydrogen) atoms. The van der Waals surface area contributed by atoms with Gasteiger partial charge in [0.05, 0.1) is 11.5 Å². The molecule has 3 aromatic rings. The van der Waals surface area contributed by atoms with Gasteiger partial charge in [-0.15, -0.1) is 0 Å². The first kappa shape index (κ1) is 26.2. The van der Waals surface area contributed by atoms with Gasteiger partial charge in [0.2, 0.25) is 15.9 Å². The van der Waals surface area contributed by atoms with Crippen LogP contribution in [0.25, 0.3) is 0 Å². The van der Waals surface area contributed by atoms with Crippen LogP contribution >= 0.6 is 0 Å². The summed E-state index contributed by atoms with van der Waals surface area (Å²) in [5.41, 5.74) is 1.11. The molecule has 2 N–H and O–H groups in total. The van der Waals surface area contributed by atoms with E-state index in [1.165, 1.54) is 12.1 Å². The zero-order valence-electron chi connectivity index (χ0n) is 20.6. The van der Waals surface area contributed by atoms with E-state index in [0.29, 0.717) is 29.4 Å². The third-order valence-corrected chi connectivity index (χ3v) is 6.57. The van der Waals surface area contributed by atoms with Crippen molar-refractivity contribution in [3.8, 4) is 17.4 Å². The molecule has 8 nitrogen and oxygen atoms in total. The van der Waals surface area contributed by atoms with Crippen molar-refractivity contribution in [2.75, 3.05) is 6.61 Å². The number of hydrogen-bond acceptors (Lipinski definition) is 6. The fourth-order valence-corrected chi connectivity index (χ4v) is 4.70. The maximum Gasteiger partial charge on any atom is 0.251 e. The second-order valence-electron chi connectivity index (χ2n) is 9.02. The minimum Gasteiger partial charge on any atom is -0.494 e. The zero-order valence-corrected chi connectivity index (χ0v) is 21.4. The van der Waals surface area contributed by atoms with Crippen LogP contribution in [0.5, 0.6) is 17.4 Å². The first-order valence-corrected chi connectivity index (χ1v) is 12.7. The van der Waals surface area contributed by atoms with E-state index in [-0.39, 0.29) is 17.3 Å². The summed E-state index contributed by atoms with van der Waals surface area (Å²) in [5, 5.41) is 2.84. The molecule has 9 heteroatoms. The van der Waals surface area contributed by atoms with Gasteiger partial charge in [-0.2, -0.15) is 0 Å². The molecule has 1 amide bonds. The maximum atomic E-state index is 12.9. The van der Waals surface area contributed by atoms with Gasteiger partial charge in [-0.1, -0.05) is 6.07 Å². The summed E-state index contributed by atoms with van der Waals surface area (Å²) in [6.07, 6.45) is 1.60. The fourth-order valence-electron chi connectivity index (χ4n) is 3.26. The van der Waals surface area contributed by atoms with Crippen LogP contribution < -0.4 is 19.5 Å². The number of sulfonamides is 1. The number of hydrogen-bond donors (Lipinski definition) is 2. The smallest absolute Gasteiger partial charge is 0.251 e. The standard InChI is InChI=1S/C26H31N3O5S/c1-6-33-20-8-10-21(11-9-20)34-24-15-19(13-14-27-24)17-28-25(30)23-16-22(12-7-18(23)2)35(31,32)29-26(3,4)5/h7-16,29H,6,17H2,1-5H3,(H,28,30). The van der Waals surface area contributed by atoms with Gasteiger partial charge in [0.1, 0.15) is 11.5 Å². The SMILES string of the molecule is CCOc1ccc(Oc2cc(CNC(=O)c3cc(S(=O)(=O)NC(C)(C)C)ccc3C)ccn2)cc1. The number of amides is 1. The number of rotatable bonds is 9. The fraction of sp³-hybridized carbons (Fsp3) is 0.308. The molecule has 0 bridgehead atoms. The van der Waals surface area contributed by atoms with Crippen molar-refractivity contribution in [1.82, 2.24) is 15.0 Å². The summed E-state index contributed by atoms with van der Waals surface area (Å²) >= 11 is 0. The summed E-state index contributed by atoms with van der Waals surface area (Å²) in [6.45, 7) is 9.76. The molecule has 0 aliphatic heterocycles. The molecular formula is C26H31N3O5S. The van der Waals surface area contributed by atoms with Gasteiger partial charge in [-0.05, 0) is 88.2 Å². The number of aromatic nitrogens is 1. The first-order chi connectivity index (χ1) is 16.5. The van der Waals surface area contributed by atoms with E-state index >= 15 is 0 Å². The van der Waals surface area contributed by atoms with Crippen molar-refractivity contribution in [2.45, 2.75) is 51.6 Å². The van der Waals surface area contributed by atoms with Crippen molar-refractivity contribution in [3.05, 3.63) is 77.5 Å². The average Bonchev–Trinajstić information content (AvgIpc) is 2.78. The maximum absolute atomic E-state index is 12.9. The number of carbonyl (C=O) groups is 1. The van der Waals surface area contributed by atoms with Crippen molar-refractivity contribution in [1.29, 1.82) is 0 Å². The summed E-state index contributed by atoms with van der Waals surface area (Å²) in [5.74, 6) is 1.38. The van der Waals surface area contributed by atoms with Crippen molar-refractivity contribution in [3.63, 3.8) is 0 Å². The van der Waals surface area contributed by atoms with Gasteiger partial charge < -0.3 is 14.8 Å². The summed E-state index contributed by atoms with van der Waals surface area (Å²) < 4.78 is 39.2. The highest BCUT2D eigenvalue weighted by Gasteiger charge is 2.23. The number of aryl methyl sites for hydroxylation is 1. The van der Waals surface area contributed by atoms with E-state index in [0.717, 1.165) is 11.3 Å². The Balaban J connectivity index is 1.68. The monoisotopic (exact) mass is 497 g/mol. The molecule has 0 spiro atoms. The number of nitrogens with zero attached hydrogens (tertiary/aromatic N) is 1. The molecule has 0 saturated heterocycles. The molecule has 0 fully saturated rings. The molecule has 1 aromatic heterocycles. The predicted octanol–water partition coefficient (Wildman–Crippen LogP) is 4.59. The van der Waals surface area contributed by atoms with Gasteiger partial charge in [0.25, 0.3) is 5.91 Å². The highest BCUT2D eigenvalue weighted by molar-refractivity contribution is 7.89. The number of ether oxygens (including phenoxy) is 2. The van der Waals surface area contributed by atoms with Crippen molar-refractivity contribution >= 4 is 15.9 Å². The predicted molar refractivity (Wildman–Crippen MR) is 134 cm³/mol. The Hall–Kier alpha value is -3.43. The summed E-state index contributed by atoms with van der Waals surface area (Å²) in [4.78, 5) is 17.1. The second-order valence-corrected chi connectivity index (χ2v) is 10.7. The van der Waals surface area contributed by atoms with Crippen LogP contribution in [-0.4, -0.2) is 31.5 Å². The van der Waals surface area contributed by atoms with Crippen LogP contribution in [0, 0.1) is 6.92 Å². The van der Waals surface area contributed by atoms with Crippen LogP contribution in [-0.2, 0) is 16.6 Å². The van der Waals surface area contributed by atoms with Crippen LogP contribution in [0.15, 0.2) is 65.7 Å². The summed E-state index contributed by atoms with van der Waals surface area (Å²) in [7, 11) is -3.76. The first-order valence-electron chi connectivity index (χ1n) is 11.3.